The van der Waals surface area contributed by atoms with Gasteiger partial charge in [-0.25, -0.2) is 0 Å². The van der Waals surface area contributed by atoms with E-state index in [1.807, 2.05) is 24.3 Å². The Hall–Kier alpha value is -1.64. The van der Waals surface area contributed by atoms with Gasteiger partial charge in [-0.3, -0.25) is 9.59 Å². The number of rotatable bonds is 6. The van der Waals surface area contributed by atoms with Gasteiger partial charge < -0.3 is 5.11 Å². The molecule has 1 N–H and O–H groups in total. The summed E-state index contributed by atoms with van der Waals surface area (Å²) in [5.74, 6) is -0.276. The highest BCUT2D eigenvalue weighted by molar-refractivity contribution is 5.99. The number of carboxylic acids is 1. The molecule has 1 aliphatic rings. The summed E-state index contributed by atoms with van der Waals surface area (Å²) in [6.07, 6.45) is 3.36. The third kappa shape index (κ3) is 3.43. The molecule has 0 radical (unpaired) electrons. The highest BCUT2D eigenvalue weighted by Crippen LogP contribution is 2.32. The van der Waals surface area contributed by atoms with Crippen LogP contribution in [-0.2, 0) is 11.2 Å². The summed E-state index contributed by atoms with van der Waals surface area (Å²) in [5, 5.41) is 9.06. The number of benzene rings is 1. The fourth-order valence-corrected chi connectivity index (χ4v) is 1.98. The van der Waals surface area contributed by atoms with Gasteiger partial charge in [0.15, 0.2) is 5.78 Å². The first-order chi connectivity index (χ1) is 8.90. The fourth-order valence-electron chi connectivity index (χ4n) is 1.98. The van der Waals surface area contributed by atoms with E-state index < -0.39 is 11.4 Å². The van der Waals surface area contributed by atoms with E-state index >= 15 is 0 Å². The van der Waals surface area contributed by atoms with Crippen LogP contribution in [0.1, 0.15) is 49.0 Å². The smallest absolute Gasteiger partial charge is 0.309 e. The van der Waals surface area contributed by atoms with Gasteiger partial charge in [-0.15, -0.1) is 0 Å². The van der Waals surface area contributed by atoms with Gasteiger partial charge in [-0.1, -0.05) is 24.3 Å². The first-order valence-corrected chi connectivity index (χ1v) is 6.77. The first-order valence-electron chi connectivity index (χ1n) is 6.77. The normalized spacial score (nSPS) is 15.3. The van der Waals surface area contributed by atoms with E-state index in [-0.39, 0.29) is 11.7 Å². The second-order valence-corrected chi connectivity index (χ2v) is 6.02. The number of hydrogen-bond donors (Lipinski definition) is 1. The van der Waals surface area contributed by atoms with Crippen LogP contribution < -0.4 is 0 Å². The van der Waals surface area contributed by atoms with Crippen molar-refractivity contribution in [3.63, 3.8) is 0 Å². The molecule has 0 atom stereocenters. The SMILES string of the molecule is CC(C)(CCc1ccc(C(=O)C2CC2)cc1)C(=O)O. The van der Waals surface area contributed by atoms with E-state index in [0.29, 0.717) is 6.42 Å². The molecule has 0 bridgehead atoms. The second-order valence-electron chi connectivity index (χ2n) is 6.02. The molecule has 0 spiro atoms. The predicted octanol–water partition coefficient (Wildman–Crippen LogP) is 3.32. The molecule has 0 aromatic heterocycles. The van der Waals surface area contributed by atoms with Crippen molar-refractivity contribution in [2.75, 3.05) is 0 Å². The topological polar surface area (TPSA) is 54.4 Å². The molecule has 1 aliphatic carbocycles. The summed E-state index contributed by atoms with van der Waals surface area (Å²) >= 11 is 0. The molecule has 0 saturated heterocycles. The average molecular weight is 260 g/mol. The van der Waals surface area contributed by atoms with Gasteiger partial charge in [0, 0.05) is 11.5 Å². The maximum Gasteiger partial charge on any atom is 0.309 e. The highest BCUT2D eigenvalue weighted by atomic mass is 16.4. The van der Waals surface area contributed by atoms with Crippen molar-refractivity contribution in [3.8, 4) is 0 Å². The zero-order chi connectivity index (χ0) is 14.0. The molecule has 0 unspecified atom stereocenters. The number of ketones is 1. The Balaban J connectivity index is 1.95. The summed E-state index contributed by atoms with van der Waals surface area (Å²) in [5.41, 5.74) is 1.16. The lowest BCUT2D eigenvalue weighted by Crippen LogP contribution is -2.24. The molecule has 0 amide bonds. The van der Waals surface area contributed by atoms with Crippen LogP contribution in [0, 0.1) is 11.3 Å². The molecule has 3 heteroatoms. The zero-order valence-corrected chi connectivity index (χ0v) is 11.5. The molecule has 102 valence electrons. The third-order valence-corrected chi connectivity index (χ3v) is 3.80. The number of carboxylic acid groups (broad SMARTS) is 1. The van der Waals surface area contributed by atoms with Crippen molar-refractivity contribution in [3.05, 3.63) is 35.4 Å². The molecule has 1 saturated carbocycles. The largest absolute Gasteiger partial charge is 0.481 e. The van der Waals surface area contributed by atoms with Crippen LogP contribution in [0.4, 0.5) is 0 Å². The highest BCUT2D eigenvalue weighted by Gasteiger charge is 2.30. The van der Waals surface area contributed by atoms with E-state index in [4.69, 9.17) is 5.11 Å². The minimum Gasteiger partial charge on any atom is -0.481 e. The number of carbonyl (C=O) groups excluding carboxylic acids is 1. The minimum atomic E-state index is -0.770. The Kier molecular flexibility index (Phi) is 3.74. The van der Waals surface area contributed by atoms with Crippen LogP contribution in [0.5, 0.6) is 0 Å². The minimum absolute atomic E-state index is 0.247. The Bertz CT molecular complexity index is 481. The van der Waals surface area contributed by atoms with Gasteiger partial charge in [0.2, 0.25) is 0 Å². The van der Waals surface area contributed by atoms with Gasteiger partial charge in [0.25, 0.3) is 0 Å². The van der Waals surface area contributed by atoms with Crippen LogP contribution in [-0.4, -0.2) is 16.9 Å². The lowest BCUT2D eigenvalue weighted by Gasteiger charge is -2.18. The molecule has 1 aromatic carbocycles. The number of hydrogen-bond acceptors (Lipinski definition) is 2. The van der Waals surface area contributed by atoms with Crippen LogP contribution in [0.15, 0.2) is 24.3 Å². The maximum atomic E-state index is 11.8. The van der Waals surface area contributed by atoms with Crippen molar-refractivity contribution in [2.24, 2.45) is 11.3 Å². The zero-order valence-electron chi connectivity index (χ0n) is 11.5. The molecular formula is C16H20O3. The Morgan fingerprint density at radius 1 is 1.21 bits per heavy atom. The Morgan fingerprint density at radius 2 is 1.79 bits per heavy atom. The van der Waals surface area contributed by atoms with E-state index in [1.54, 1.807) is 13.8 Å². The van der Waals surface area contributed by atoms with Crippen molar-refractivity contribution in [1.29, 1.82) is 0 Å². The van der Waals surface area contributed by atoms with Gasteiger partial charge in [0.1, 0.15) is 0 Å². The quantitative estimate of drug-likeness (QED) is 0.798. The van der Waals surface area contributed by atoms with E-state index in [0.717, 1.165) is 30.4 Å². The monoisotopic (exact) mass is 260 g/mol. The van der Waals surface area contributed by atoms with Crippen molar-refractivity contribution in [2.45, 2.75) is 39.5 Å². The second kappa shape index (κ2) is 5.16. The number of carbonyl (C=O) groups is 2. The van der Waals surface area contributed by atoms with Crippen LogP contribution in [0.3, 0.4) is 0 Å². The van der Waals surface area contributed by atoms with E-state index in [2.05, 4.69) is 0 Å². The lowest BCUT2D eigenvalue weighted by atomic mass is 9.86. The van der Waals surface area contributed by atoms with Gasteiger partial charge in [-0.05, 0) is 45.1 Å². The number of Topliss-reactive ketones (excluding diaryl/α,β-unsaturated/α-hetero) is 1. The Labute approximate surface area is 113 Å². The molecule has 0 aliphatic heterocycles. The van der Waals surface area contributed by atoms with E-state index in [1.165, 1.54) is 0 Å². The number of aliphatic carboxylic acids is 1. The molecule has 2 rings (SSSR count). The average Bonchev–Trinajstić information content (AvgIpc) is 3.20. The summed E-state index contributed by atoms with van der Waals surface area (Å²) in [7, 11) is 0. The van der Waals surface area contributed by atoms with Crippen molar-refractivity contribution in [1.82, 2.24) is 0 Å². The van der Waals surface area contributed by atoms with Crippen LogP contribution in [0.2, 0.25) is 0 Å². The molecule has 1 fully saturated rings. The summed E-state index contributed by atoms with van der Waals surface area (Å²) in [6.45, 7) is 3.47. The predicted molar refractivity (Wildman–Crippen MR) is 73.2 cm³/mol. The number of aryl methyl sites for hydroxylation is 1. The molecular weight excluding hydrogens is 240 g/mol. The Morgan fingerprint density at radius 3 is 2.26 bits per heavy atom. The van der Waals surface area contributed by atoms with Crippen LogP contribution in [0.25, 0.3) is 0 Å². The summed E-state index contributed by atoms with van der Waals surface area (Å²) in [4.78, 5) is 22.9. The molecule has 3 nitrogen and oxygen atoms in total. The van der Waals surface area contributed by atoms with Gasteiger partial charge >= 0.3 is 5.97 Å². The van der Waals surface area contributed by atoms with E-state index in [9.17, 15) is 9.59 Å². The van der Waals surface area contributed by atoms with Crippen molar-refractivity contribution >= 4 is 11.8 Å². The van der Waals surface area contributed by atoms with Gasteiger partial charge in [-0.2, -0.15) is 0 Å². The summed E-state index contributed by atoms with van der Waals surface area (Å²) in [6, 6.07) is 7.61. The molecule has 0 heterocycles. The standard InChI is InChI=1S/C16H20O3/c1-16(2,15(18)19)10-9-11-3-5-12(6-4-11)14(17)13-7-8-13/h3-6,13H,7-10H2,1-2H3,(H,18,19). The lowest BCUT2D eigenvalue weighted by molar-refractivity contribution is -0.147. The maximum absolute atomic E-state index is 11.8. The molecule has 19 heavy (non-hydrogen) atoms. The summed E-state index contributed by atoms with van der Waals surface area (Å²) < 4.78 is 0. The van der Waals surface area contributed by atoms with Crippen molar-refractivity contribution < 1.29 is 14.7 Å². The fraction of sp³-hybridized carbons (Fsp3) is 0.500. The molecule has 1 aromatic rings. The van der Waals surface area contributed by atoms with Crippen LogP contribution >= 0.6 is 0 Å². The van der Waals surface area contributed by atoms with Gasteiger partial charge in [0.05, 0.1) is 5.41 Å². The first kappa shape index (κ1) is 13.8. The third-order valence-electron chi connectivity index (χ3n) is 3.80.